The Kier molecular flexibility index (Phi) is 6.37. The molecule has 1 N–H and O–H groups in total. The highest BCUT2D eigenvalue weighted by molar-refractivity contribution is 6.31. The minimum absolute atomic E-state index is 0.0642. The van der Waals surface area contributed by atoms with Crippen LogP contribution in [-0.2, 0) is 0 Å². The number of ether oxygens (including phenoxy) is 1. The Balaban J connectivity index is 2.06. The van der Waals surface area contributed by atoms with Gasteiger partial charge in [0.25, 0.3) is 0 Å². The average Bonchev–Trinajstić information content (AvgIpc) is 2.50. The first-order chi connectivity index (χ1) is 10.2. The smallest absolute Gasteiger partial charge is 0.119 e. The van der Waals surface area contributed by atoms with Gasteiger partial charge in [-0.05, 0) is 48.9 Å². The molecule has 2 aromatic rings. The van der Waals surface area contributed by atoms with Gasteiger partial charge in [0.2, 0.25) is 0 Å². The van der Waals surface area contributed by atoms with E-state index in [-0.39, 0.29) is 6.04 Å². The van der Waals surface area contributed by atoms with Crippen molar-refractivity contribution >= 4 is 23.2 Å². The van der Waals surface area contributed by atoms with Gasteiger partial charge in [0.05, 0.1) is 6.04 Å². The summed E-state index contributed by atoms with van der Waals surface area (Å²) < 4.78 is 5.85. The van der Waals surface area contributed by atoms with E-state index in [9.17, 15) is 0 Å². The van der Waals surface area contributed by atoms with Crippen molar-refractivity contribution in [2.45, 2.75) is 19.4 Å². The van der Waals surface area contributed by atoms with Crippen molar-refractivity contribution in [3.05, 3.63) is 64.1 Å². The molecule has 0 saturated carbocycles. The third-order valence-electron chi connectivity index (χ3n) is 3.15. The highest BCUT2D eigenvalue weighted by Crippen LogP contribution is 2.24. The van der Waals surface area contributed by atoms with Gasteiger partial charge in [-0.3, -0.25) is 0 Å². The maximum atomic E-state index is 6.29. The Labute approximate surface area is 136 Å². The highest BCUT2D eigenvalue weighted by atomic mass is 35.5. The average molecular weight is 324 g/mol. The predicted octanol–water partition coefficient (Wildman–Crippen LogP) is 5.11. The Bertz CT molecular complexity index is 557. The van der Waals surface area contributed by atoms with Gasteiger partial charge in [0.15, 0.2) is 0 Å². The first-order valence-corrected chi connectivity index (χ1v) is 7.82. The first-order valence-electron chi connectivity index (χ1n) is 7.07. The maximum Gasteiger partial charge on any atom is 0.119 e. The number of benzene rings is 2. The van der Waals surface area contributed by atoms with E-state index in [1.54, 1.807) is 0 Å². The number of nitrogens with one attached hydrogen (secondary N) is 1. The molecule has 0 radical (unpaired) electrons. The maximum absolute atomic E-state index is 6.29. The second-order valence-electron chi connectivity index (χ2n) is 4.79. The van der Waals surface area contributed by atoms with Crippen LogP contribution in [0.3, 0.4) is 0 Å². The van der Waals surface area contributed by atoms with E-state index < -0.39 is 0 Å². The molecule has 0 aliphatic carbocycles. The predicted molar refractivity (Wildman–Crippen MR) is 89.4 cm³/mol. The first kappa shape index (κ1) is 16.2. The molecule has 21 heavy (non-hydrogen) atoms. The molecule has 0 aliphatic heterocycles. The van der Waals surface area contributed by atoms with Crippen LogP contribution in [0.1, 0.15) is 24.9 Å². The molecule has 0 bridgehead atoms. The van der Waals surface area contributed by atoms with Crippen molar-refractivity contribution in [1.29, 1.82) is 0 Å². The Morgan fingerprint density at radius 3 is 2.43 bits per heavy atom. The third-order valence-corrected chi connectivity index (χ3v) is 3.75. The van der Waals surface area contributed by atoms with E-state index >= 15 is 0 Å². The van der Waals surface area contributed by atoms with Crippen molar-refractivity contribution < 1.29 is 4.74 Å². The number of halogens is 2. The second-order valence-corrected chi connectivity index (χ2v) is 5.64. The summed E-state index contributed by atoms with van der Waals surface area (Å²) in [4.78, 5) is 0. The van der Waals surface area contributed by atoms with Crippen LogP contribution in [0.25, 0.3) is 0 Å². The number of hydrogen-bond donors (Lipinski definition) is 1. The van der Waals surface area contributed by atoms with Crippen LogP contribution < -0.4 is 10.1 Å². The molecule has 0 saturated heterocycles. The van der Waals surface area contributed by atoms with E-state index in [0.29, 0.717) is 11.6 Å². The van der Waals surface area contributed by atoms with Gasteiger partial charge in [0, 0.05) is 10.0 Å². The normalized spacial score (nSPS) is 12.1. The SMILES string of the molecule is CCCNC(COc1ccc(Cl)cc1)c1ccccc1Cl. The molecule has 2 nitrogen and oxygen atoms in total. The fraction of sp³-hybridized carbons (Fsp3) is 0.294. The molecule has 4 heteroatoms. The lowest BCUT2D eigenvalue weighted by Gasteiger charge is -2.20. The van der Waals surface area contributed by atoms with Gasteiger partial charge in [0.1, 0.15) is 12.4 Å². The van der Waals surface area contributed by atoms with Gasteiger partial charge in [-0.15, -0.1) is 0 Å². The summed E-state index contributed by atoms with van der Waals surface area (Å²) in [5.41, 5.74) is 1.06. The number of rotatable bonds is 7. The summed E-state index contributed by atoms with van der Waals surface area (Å²) in [5.74, 6) is 0.801. The molecule has 0 amide bonds. The minimum Gasteiger partial charge on any atom is -0.492 e. The van der Waals surface area contributed by atoms with E-state index in [1.807, 2.05) is 48.5 Å². The Morgan fingerprint density at radius 2 is 1.76 bits per heavy atom. The van der Waals surface area contributed by atoms with E-state index in [1.165, 1.54) is 0 Å². The Hall–Kier alpha value is -1.22. The third kappa shape index (κ3) is 4.92. The van der Waals surface area contributed by atoms with Crippen molar-refractivity contribution in [2.24, 2.45) is 0 Å². The lowest BCUT2D eigenvalue weighted by molar-refractivity contribution is 0.266. The van der Waals surface area contributed by atoms with Crippen LogP contribution in [-0.4, -0.2) is 13.2 Å². The molecule has 2 aromatic carbocycles. The Morgan fingerprint density at radius 1 is 1.05 bits per heavy atom. The van der Waals surface area contributed by atoms with Crippen molar-refractivity contribution in [3.63, 3.8) is 0 Å². The highest BCUT2D eigenvalue weighted by Gasteiger charge is 2.14. The summed E-state index contributed by atoms with van der Waals surface area (Å²) in [6, 6.07) is 15.3. The van der Waals surface area contributed by atoms with E-state index in [4.69, 9.17) is 27.9 Å². The zero-order valence-electron chi connectivity index (χ0n) is 12.0. The molecule has 2 rings (SSSR count). The summed E-state index contributed by atoms with van der Waals surface area (Å²) in [6.07, 6.45) is 1.06. The van der Waals surface area contributed by atoms with Crippen molar-refractivity contribution in [2.75, 3.05) is 13.2 Å². The summed E-state index contributed by atoms with van der Waals surface area (Å²) in [7, 11) is 0. The zero-order chi connectivity index (χ0) is 15.1. The van der Waals surface area contributed by atoms with Gasteiger partial charge in [-0.1, -0.05) is 48.3 Å². The van der Waals surface area contributed by atoms with Gasteiger partial charge in [-0.2, -0.15) is 0 Å². The molecule has 112 valence electrons. The van der Waals surface area contributed by atoms with Crippen LogP contribution in [0.2, 0.25) is 10.0 Å². The van der Waals surface area contributed by atoms with Gasteiger partial charge >= 0.3 is 0 Å². The van der Waals surface area contributed by atoms with Crippen molar-refractivity contribution in [3.8, 4) is 5.75 Å². The summed E-state index contributed by atoms with van der Waals surface area (Å²) in [5, 5.41) is 4.93. The van der Waals surface area contributed by atoms with Crippen LogP contribution in [0.5, 0.6) is 5.75 Å². The van der Waals surface area contributed by atoms with E-state index in [0.717, 1.165) is 29.3 Å². The lowest BCUT2D eigenvalue weighted by atomic mass is 10.1. The van der Waals surface area contributed by atoms with Crippen LogP contribution in [0.15, 0.2) is 48.5 Å². The van der Waals surface area contributed by atoms with Crippen LogP contribution in [0.4, 0.5) is 0 Å². The lowest BCUT2D eigenvalue weighted by Crippen LogP contribution is -2.27. The number of hydrogen-bond acceptors (Lipinski definition) is 2. The molecule has 0 heterocycles. The fourth-order valence-corrected chi connectivity index (χ4v) is 2.44. The van der Waals surface area contributed by atoms with E-state index in [2.05, 4.69) is 12.2 Å². The topological polar surface area (TPSA) is 21.3 Å². The molecule has 0 aliphatic rings. The molecule has 1 unspecified atom stereocenters. The monoisotopic (exact) mass is 323 g/mol. The summed E-state index contributed by atoms with van der Waals surface area (Å²) >= 11 is 12.2. The largest absolute Gasteiger partial charge is 0.492 e. The molecule has 0 fully saturated rings. The summed E-state index contributed by atoms with van der Waals surface area (Å²) in [6.45, 7) is 3.57. The minimum atomic E-state index is 0.0642. The van der Waals surface area contributed by atoms with Crippen LogP contribution >= 0.6 is 23.2 Å². The molecular formula is C17H19Cl2NO. The van der Waals surface area contributed by atoms with Gasteiger partial charge in [-0.25, -0.2) is 0 Å². The molecular weight excluding hydrogens is 305 g/mol. The molecule has 1 atom stereocenters. The zero-order valence-corrected chi connectivity index (χ0v) is 13.5. The van der Waals surface area contributed by atoms with Crippen LogP contribution in [0, 0.1) is 0 Å². The molecule has 0 aromatic heterocycles. The second kappa shape index (κ2) is 8.28. The quantitative estimate of drug-likeness (QED) is 0.764. The molecule has 0 spiro atoms. The standard InChI is InChI=1S/C17H19Cl2NO/c1-2-11-20-17(15-5-3-4-6-16(15)19)12-21-14-9-7-13(18)8-10-14/h3-10,17,20H,2,11-12H2,1H3. The van der Waals surface area contributed by atoms with Gasteiger partial charge < -0.3 is 10.1 Å². The fourth-order valence-electron chi connectivity index (χ4n) is 2.05. The van der Waals surface area contributed by atoms with Crippen molar-refractivity contribution in [1.82, 2.24) is 5.32 Å².